The van der Waals surface area contributed by atoms with Crippen molar-refractivity contribution in [2.45, 2.75) is 6.92 Å². The number of nitrogens with zero attached hydrogens (tertiary/aromatic N) is 2. The van der Waals surface area contributed by atoms with Crippen LogP contribution in [0.3, 0.4) is 0 Å². The van der Waals surface area contributed by atoms with Gasteiger partial charge >= 0.3 is 0 Å². The third-order valence-corrected chi connectivity index (χ3v) is 5.03. The number of rotatable bonds is 4. The molecule has 3 N–H and O–H groups in total. The molecular weight excluding hydrogens is 372 g/mol. The summed E-state index contributed by atoms with van der Waals surface area (Å²) in [6.45, 7) is 1.98. The molecule has 5 nitrogen and oxygen atoms in total. The predicted molar refractivity (Wildman–Crippen MR) is 117 cm³/mol. The van der Waals surface area contributed by atoms with Gasteiger partial charge in [0.15, 0.2) is 0 Å². The van der Waals surface area contributed by atoms with E-state index < -0.39 is 0 Å². The number of hydrogen-bond donors (Lipinski definition) is 2. The molecule has 1 heterocycles. The number of aromatic nitrogens is 2. The molecule has 4 rings (SSSR count). The average molecular weight is 393 g/mol. The summed E-state index contributed by atoms with van der Waals surface area (Å²) in [5.74, 6) is 1.39. The zero-order valence-electron chi connectivity index (χ0n) is 16.0. The lowest BCUT2D eigenvalue weighted by Crippen LogP contribution is -2.03. The van der Waals surface area contributed by atoms with Gasteiger partial charge in [0.2, 0.25) is 5.95 Å². The highest BCUT2D eigenvalue weighted by molar-refractivity contribution is 6.31. The number of ether oxygens (including phenoxy) is 1. The van der Waals surface area contributed by atoms with Crippen molar-refractivity contribution in [2.75, 3.05) is 18.2 Å². The van der Waals surface area contributed by atoms with Gasteiger partial charge in [0.25, 0.3) is 0 Å². The third-order valence-electron chi connectivity index (χ3n) is 4.81. The number of nitrogens with one attached hydrogen (secondary N) is 1. The van der Waals surface area contributed by atoms with Gasteiger partial charge in [-0.1, -0.05) is 35.9 Å². The molecule has 0 unspecified atom stereocenters. The van der Waals surface area contributed by atoms with Gasteiger partial charge < -0.3 is 20.4 Å². The lowest BCUT2D eigenvalue weighted by atomic mass is 10.0. The number of fused-ring (bicyclic) bond motifs is 1. The van der Waals surface area contributed by atoms with Gasteiger partial charge in [0, 0.05) is 29.4 Å². The first-order chi connectivity index (χ1) is 13.5. The van der Waals surface area contributed by atoms with Crippen LogP contribution in [0, 0.1) is 6.92 Å². The first-order valence-electron chi connectivity index (χ1n) is 8.90. The van der Waals surface area contributed by atoms with Gasteiger partial charge in [-0.3, -0.25) is 0 Å². The molecule has 142 valence electrons. The maximum atomic E-state index is 6.16. The standard InChI is InChI=1S/C22H21ClN4O/c1-13-10-15(23)12-19(28-3)20(13)26-22-25-18-9-5-8-17(21(18)27(22)2)14-6-4-7-16(24)11-14/h4-12H,24H2,1-3H3,(H,25,26). The number of nitrogens with two attached hydrogens (primary N) is 1. The van der Waals surface area contributed by atoms with E-state index in [-0.39, 0.29) is 0 Å². The number of methoxy groups -OCH3 is 1. The Morgan fingerprint density at radius 2 is 1.89 bits per heavy atom. The molecule has 0 radical (unpaired) electrons. The number of aryl methyl sites for hydroxylation is 2. The van der Waals surface area contributed by atoms with Crippen molar-refractivity contribution in [3.05, 3.63) is 65.2 Å². The predicted octanol–water partition coefficient (Wildman–Crippen LogP) is 5.54. The van der Waals surface area contributed by atoms with Crippen LogP contribution in [0.4, 0.5) is 17.3 Å². The Labute approximate surface area is 168 Å². The molecule has 0 amide bonds. The molecule has 0 aliphatic heterocycles. The van der Waals surface area contributed by atoms with Crippen molar-refractivity contribution in [2.24, 2.45) is 7.05 Å². The summed E-state index contributed by atoms with van der Waals surface area (Å²) in [4.78, 5) is 4.79. The molecule has 0 spiro atoms. The van der Waals surface area contributed by atoms with Crippen LogP contribution < -0.4 is 15.8 Å². The quantitative estimate of drug-likeness (QED) is 0.448. The third kappa shape index (κ3) is 3.14. The first-order valence-corrected chi connectivity index (χ1v) is 9.28. The van der Waals surface area contributed by atoms with Crippen molar-refractivity contribution in [3.8, 4) is 16.9 Å². The van der Waals surface area contributed by atoms with Crippen LogP contribution in [-0.2, 0) is 7.05 Å². The van der Waals surface area contributed by atoms with Crippen molar-refractivity contribution in [1.29, 1.82) is 0 Å². The van der Waals surface area contributed by atoms with E-state index in [1.807, 2.05) is 54.9 Å². The molecule has 0 fully saturated rings. The molecule has 28 heavy (non-hydrogen) atoms. The molecule has 6 heteroatoms. The van der Waals surface area contributed by atoms with Gasteiger partial charge in [0.05, 0.1) is 23.8 Å². The second-order valence-corrected chi connectivity index (χ2v) is 7.15. The van der Waals surface area contributed by atoms with E-state index in [9.17, 15) is 0 Å². The monoisotopic (exact) mass is 392 g/mol. The van der Waals surface area contributed by atoms with Gasteiger partial charge in [-0.25, -0.2) is 4.98 Å². The molecule has 0 aliphatic rings. The number of benzene rings is 3. The topological polar surface area (TPSA) is 65.1 Å². The van der Waals surface area contributed by atoms with Crippen LogP contribution in [0.5, 0.6) is 5.75 Å². The van der Waals surface area contributed by atoms with Gasteiger partial charge in [-0.2, -0.15) is 0 Å². The smallest absolute Gasteiger partial charge is 0.208 e. The number of halogens is 1. The number of para-hydroxylation sites is 1. The summed E-state index contributed by atoms with van der Waals surface area (Å²) in [7, 11) is 3.62. The zero-order chi connectivity index (χ0) is 19.8. The van der Waals surface area contributed by atoms with Crippen LogP contribution in [0.25, 0.3) is 22.2 Å². The lowest BCUT2D eigenvalue weighted by Gasteiger charge is -2.14. The fourth-order valence-corrected chi connectivity index (χ4v) is 3.73. The van der Waals surface area contributed by atoms with Gasteiger partial charge in [-0.15, -0.1) is 0 Å². The second-order valence-electron chi connectivity index (χ2n) is 6.72. The SMILES string of the molecule is COc1cc(Cl)cc(C)c1Nc1nc2cccc(-c3cccc(N)c3)c2n1C. The van der Waals surface area contributed by atoms with E-state index in [0.717, 1.165) is 45.0 Å². The van der Waals surface area contributed by atoms with E-state index in [2.05, 4.69) is 17.4 Å². The molecule has 1 aromatic heterocycles. The summed E-state index contributed by atoms with van der Waals surface area (Å²) in [6.07, 6.45) is 0. The average Bonchev–Trinajstić information content (AvgIpc) is 2.99. The number of nitrogen functional groups attached to an aromatic ring is 1. The largest absolute Gasteiger partial charge is 0.495 e. The Hall–Kier alpha value is -3.18. The first kappa shape index (κ1) is 18.2. The minimum Gasteiger partial charge on any atom is -0.495 e. The van der Waals surface area contributed by atoms with Crippen molar-refractivity contribution < 1.29 is 4.74 Å². The van der Waals surface area contributed by atoms with E-state index in [4.69, 9.17) is 27.1 Å². The summed E-state index contributed by atoms with van der Waals surface area (Å²) in [5.41, 5.74) is 12.6. The highest BCUT2D eigenvalue weighted by Gasteiger charge is 2.16. The summed E-state index contributed by atoms with van der Waals surface area (Å²) < 4.78 is 7.54. The van der Waals surface area contributed by atoms with Gasteiger partial charge in [-0.05, 0) is 42.3 Å². The molecule has 0 aliphatic carbocycles. The van der Waals surface area contributed by atoms with E-state index in [1.54, 1.807) is 13.2 Å². The molecular formula is C22H21ClN4O. The fourth-order valence-electron chi connectivity index (χ4n) is 3.47. The normalized spacial score (nSPS) is 11.0. The van der Waals surface area contributed by atoms with E-state index in [1.165, 1.54) is 0 Å². The zero-order valence-corrected chi connectivity index (χ0v) is 16.7. The molecule has 3 aromatic carbocycles. The summed E-state index contributed by atoms with van der Waals surface area (Å²) in [6, 6.07) is 17.6. The van der Waals surface area contributed by atoms with Crippen molar-refractivity contribution >= 4 is 40.0 Å². The van der Waals surface area contributed by atoms with Crippen LogP contribution in [0.15, 0.2) is 54.6 Å². The molecule has 4 aromatic rings. The highest BCUT2D eigenvalue weighted by Crippen LogP contribution is 2.36. The van der Waals surface area contributed by atoms with Crippen LogP contribution >= 0.6 is 11.6 Å². The van der Waals surface area contributed by atoms with Crippen LogP contribution in [0.2, 0.25) is 5.02 Å². The van der Waals surface area contributed by atoms with Crippen molar-refractivity contribution in [1.82, 2.24) is 9.55 Å². The Bertz CT molecular complexity index is 1180. The maximum Gasteiger partial charge on any atom is 0.208 e. The van der Waals surface area contributed by atoms with Crippen LogP contribution in [-0.4, -0.2) is 16.7 Å². The fraction of sp³-hybridized carbons (Fsp3) is 0.136. The Morgan fingerprint density at radius 1 is 1.11 bits per heavy atom. The molecule has 0 bridgehead atoms. The Morgan fingerprint density at radius 3 is 2.64 bits per heavy atom. The second kappa shape index (κ2) is 7.09. The number of anilines is 3. The van der Waals surface area contributed by atoms with E-state index >= 15 is 0 Å². The van der Waals surface area contributed by atoms with E-state index in [0.29, 0.717) is 10.8 Å². The number of imidazole rings is 1. The minimum absolute atomic E-state index is 0.633. The molecule has 0 saturated carbocycles. The minimum atomic E-state index is 0.633. The van der Waals surface area contributed by atoms with Gasteiger partial charge in [0.1, 0.15) is 5.75 Å². The summed E-state index contributed by atoms with van der Waals surface area (Å²) in [5, 5.41) is 4.04. The Balaban J connectivity index is 1.85. The number of hydrogen-bond acceptors (Lipinski definition) is 4. The lowest BCUT2D eigenvalue weighted by molar-refractivity contribution is 0.416. The Kier molecular flexibility index (Phi) is 4.61. The molecule has 0 saturated heterocycles. The summed E-state index contributed by atoms with van der Waals surface area (Å²) >= 11 is 6.16. The highest BCUT2D eigenvalue weighted by atomic mass is 35.5. The van der Waals surface area contributed by atoms with Crippen LogP contribution in [0.1, 0.15) is 5.56 Å². The molecule has 0 atom stereocenters. The maximum absolute atomic E-state index is 6.16. The van der Waals surface area contributed by atoms with Crippen molar-refractivity contribution in [3.63, 3.8) is 0 Å².